The van der Waals surface area contributed by atoms with E-state index >= 15 is 0 Å². The van der Waals surface area contributed by atoms with Crippen molar-refractivity contribution in [3.05, 3.63) is 63.6 Å². The molecular weight excluding hydrogens is 530 g/mol. The number of nitrogens with one attached hydrogen (secondary N) is 1. The maximum Gasteiger partial charge on any atom is 0.244 e. The zero-order valence-electron chi connectivity index (χ0n) is 19.1. The first-order valence-corrected chi connectivity index (χ1v) is 13.5. The third-order valence-corrected chi connectivity index (χ3v) is 7.43. The van der Waals surface area contributed by atoms with E-state index in [9.17, 15) is 18.0 Å². The van der Waals surface area contributed by atoms with Crippen LogP contribution in [-0.4, -0.2) is 50.0 Å². The number of amides is 2. The molecular formula is C23H29BrClN3O4S. The summed E-state index contributed by atoms with van der Waals surface area (Å²) in [7, 11) is -3.79. The van der Waals surface area contributed by atoms with Crippen LogP contribution in [0.4, 0.5) is 5.69 Å². The Morgan fingerprint density at radius 1 is 1.09 bits per heavy atom. The summed E-state index contributed by atoms with van der Waals surface area (Å²) in [6, 6.07) is 12.9. The topological polar surface area (TPSA) is 86.8 Å². The highest BCUT2D eigenvalue weighted by atomic mass is 79.9. The Balaban J connectivity index is 2.41. The molecule has 0 saturated heterocycles. The summed E-state index contributed by atoms with van der Waals surface area (Å²) >= 11 is 9.66. The number of benzene rings is 2. The smallest absolute Gasteiger partial charge is 0.244 e. The summed E-state index contributed by atoms with van der Waals surface area (Å²) in [6.07, 6.45) is 1.78. The molecule has 0 aliphatic heterocycles. The van der Waals surface area contributed by atoms with E-state index in [2.05, 4.69) is 21.2 Å². The lowest BCUT2D eigenvalue weighted by Gasteiger charge is -2.32. The van der Waals surface area contributed by atoms with Crippen LogP contribution in [0.5, 0.6) is 0 Å². The number of nitrogens with zero attached hydrogens (tertiary/aromatic N) is 2. The minimum absolute atomic E-state index is 0.0567. The predicted octanol–water partition coefficient (Wildman–Crippen LogP) is 4.20. The Morgan fingerprint density at radius 3 is 2.27 bits per heavy atom. The Labute approximate surface area is 209 Å². The van der Waals surface area contributed by atoms with Crippen LogP contribution in [0.1, 0.15) is 32.8 Å². The molecule has 2 rings (SSSR count). The van der Waals surface area contributed by atoms with Gasteiger partial charge in [-0.1, -0.05) is 48.9 Å². The van der Waals surface area contributed by atoms with Crippen LogP contribution in [0.3, 0.4) is 0 Å². The first-order chi connectivity index (χ1) is 15.5. The number of hydrogen-bond donors (Lipinski definition) is 1. The molecule has 1 N–H and O–H groups in total. The molecule has 0 unspecified atom stereocenters. The fourth-order valence-corrected chi connectivity index (χ4v) is 4.78. The molecule has 2 atom stereocenters. The van der Waals surface area contributed by atoms with Gasteiger partial charge in [0.2, 0.25) is 21.8 Å². The van der Waals surface area contributed by atoms with E-state index in [0.29, 0.717) is 20.7 Å². The number of rotatable bonds is 10. The second kappa shape index (κ2) is 11.9. The number of carbonyl (C=O) groups excluding carboxylic acids is 2. The van der Waals surface area contributed by atoms with Gasteiger partial charge in [0, 0.05) is 22.1 Å². The molecule has 0 aliphatic carbocycles. The predicted molar refractivity (Wildman–Crippen MR) is 136 cm³/mol. The van der Waals surface area contributed by atoms with E-state index in [1.165, 1.54) is 4.90 Å². The standard InChI is InChI=1S/C23H29BrClN3O4S/c1-5-16(2)26-23(30)17(3)27(14-18-10-6-8-12-20(18)25)22(29)15-28(33(4,31)32)21-13-9-7-11-19(21)24/h6-13,16-17H,5,14-15H2,1-4H3,(H,26,30)/t16-,17-/m0/s1. The zero-order valence-corrected chi connectivity index (χ0v) is 22.2. The van der Waals surface area contributed by atoms with Crippen LogP contribution in [0.15, 0.2) is 53.0 Å². The molecule has 2 aromatic rings. The van der Waals surface area contributed by atoms with Gasteiger partial charge < -0.3 is 10.2 Å². The third-order valence-electron chi connectivity index (χ3n) is 5.27. The van der Waals surface area contributed by atoms with Gasteiger partial charge in [0.05, 0.1) is 11.9 Å². The number of hydrogen-bond acceptors (Lipinski definition) is 4. The van der Waals surface area contributed by atoms with Gasteiger partial charge in [-0.15, -0.1) is 0 Å². The van der Waals surface area contributed by atoms with Crippen molar-refractivity contribution in [3.63, 3.8) is 0 Å². The third kappa shape index (κ3) is 7.45. The molecule has 0 aromatic heterocycles. The molecule has 2 amide bonds. The Bertz CT molecular complexity index is 1100. The monoisotopic (exact) mass is 557 g/mol. The summed E-state index contributed by atoms with van der Waals surface area (Å²) < 4.78 is 26.7. The first kappa shape index (κ1) is 27.1. The van der Waals surface area contributed by atoms with Gasteiger partial charge in [0.1, 0.15) is 12.6 Å². The second-order valence-corrected chi connectivity index (χ2v) is 11.0. The highest BCUT2D eigenvalue weighted by Gasteiger charge is 2.31. The van der Waals surface area contributed by atoms with Crippen LogP contribution >= 0.6 is 27.5 Å². The normalized spacial score (nSPS) is 13.2. The highest BCUT2D eigenvalue weighted by Crippen LogP contribution is 2.28. The number of carbonyl (C=O) groups is 2. The minimum Gasteiger partial charge on any atom is -0.352 e. The molecule has 0 bridgehead atoms. The van der Waals surface area contributed by atoms with Crippen LogP contribution < -0.4 is 9.62 Å². The number of sulfonamides is 1. The van der Waals surface area contributed by atoms with Crippen molar-refractivity contribution in [2.24, 2.45) is 0 Å². The average molecular weight is 559 g/mol. The summed E-state index contributed by atoms with van der Waals surface area (Å²) in [5, 5.41) is 3.34. The van der Waals surface area contributed by atoms with Gasteiger partial charge >= 0.3 is 0 Å². The van der Waals surface area contributed by atoms with E-state index < -0.39 is 28.5 Å². The molecule has 0 aliphatic rings. The molecule has 33 heavy (non-hydrogen) atoms. The molecule has 0 saturated carbocycles. The minimum atomic E-state index is -3.79. The SMILES string of the molecule is CC[C@H](C)NC(=O)[C@H](C)N(Cc1ccccc1Cl)C(=O)CN(c1ccccc1Br)S(C)(=O)=O. The fraction of sp³-hybridized carbons (Fsp3) is 0.391. The summed E-state index contributed by atoms with van der Waals surface area (Å²) in [6.45, 7) is 5.04. The summed E-state index contributed by atoms with van der Waals surface area (Å²) in [4.78, 5) is 27.7. The van der Waals surface area contributed by atoms with E-state index in [1.807, 2.05) is 13.8 Å². The van der Waals surface area contributed by atoms with Crippen LogP contribution in [0.25, 0.3) is 0 Å². The van der Waals surface area contributed by atoms with Gasteiger partial charge in [-0.2, -0.15) is 0 Å². The van der Waals surface area contributed by atoms with Crippen molar-refractivity contribution in [1.29, 1.82) is 0 Å². The van der Waals surface area contributed by atoms with Crippen LogP contribution in [0.2, 0.25) is 5.02 Å². The average Bonchev–Trinajstić information content (AvgIpc) is 2.76. The van der Waals surface area contributed by atoms with Crippen molar-refractivity contribution >= 4 is 55.1 Å². The molecule has 180 valence electrons. The lowest BCUT2D eigenvalue weighted by atomic mass is 10.1. The van der Waals surface area contributed by atoms with E-state index in [1.54, 1.807) is 55.5 Å². The maximum atomic E-state index is 13.5. The molecule has 2 aromatic carbocycles. The van der Waals surface area contributed by atoms with E-state index in [4.69, 9.17) is 11.6 Å². The van der Waals surface area contributed by atoms with Crippen LogP contribution in [-0.2, 0) is 26.2 Å². The Morgan fingerprint density at radius 2 is 1.70 bits per heavy atom. The Hall–Kier alpha value is -2.10. The van der Waals surface area contributed by atoms with Gasteiger partial charge in [0.25, 0.3) is 0 Å². The quantitative estimate of drug-likeness (QED) is 0.474. The van der Waals surface area contributed by atoms with Crippen molar-refractivity contribution in [2.75, 3.05) is 17.1 Å². The number of anilines is 1. The number of para-hydroxylation sites is 1. The van der Waals surface area contributed by atoms with Crippen molar-refractivity contribution in [3.8, 4) is 0 Å². The van der Waals surface area contributed by atoms with E-state index in [0.717, 1.165) is 17.0 Å². The first-order valence-electron chi connectivity index (χ1n) is 10.5. The fourth-order valence-electron chi connectivity index (χ4n) is 3.11. The molecule has 0 heterocycles. The summed E-state index contributed by atoms with van der Waals surface area (Å²) in [5.41, 5.74) is 0.991. The van der Waals surface area contributed by atoms with Crippen molar-refractivity contribution < 1.29 is 18.0 Å². The molecule has 10 heteroatoms. The lowest BCUT2D eigenvalue weighted by molar-refractivity contribution is -0.139. The van der Waals surface area contributed by atoms with Crippen molar-refractivity contribution in [1.82, 2.24) is 10.2 Å². The number of halogens is 2. The molecule has 0 radical (unpaired) electrons. The molecule has 0 spiro atoms. The van der Waals surface area contributed by atoms with Crippen molar-refractivity contribution in [2.45, 2.75) is 45.8 Å². The second-order valence-electron chi connectivity index (χ2n) is 7.83. The lowest BCUT2D eigenvalue weighted by Crippen LogP contribution is -2.52. The van der Waals surface area contributed by atoms with Gasteiger partial charge in [-0.05, 0) is 60.0 Å². The van der Waals surface area contributed by atoms with Crippen LogP contribution in [0, 0.1) is 0 Å². The maximum absolute atomic E-state index is 13.5. The zero-order chi connectivity index (χ0) is 24.8. The molecule has 7 nitrogen and oxygen atoms in total. The van der Waals surface area contributed by atoms with E-state index in [-0.39, 0.29) is 18.5 Å². The van der Waals surface area contributed by atoms with Gasteiger partial charge in [0.15, 0.2) is 0 Å². The largest absolute Gasteiger partial charge is 0.352 e. The molecule has 0 fully saturated rings. The van der Waals surface area contributed by atoms with Gasteiger partial charge in [-0.3, -0.25) is 13.9 Å². The Kier molecular flexibility index (Phi) is 9.75. The van der Waals surface area contributed by atoms with Gasteiger partial charge in [-0.25, -0.2) is 8.42 Å². The highest BCUT2D eigenvalue weighted by molar-refractivity contribution is 9.10. The summed E-state index contributed by atoms with van der Waals surface area (Å²) in [5.74, 6) is -0.848.